The molecular weight excluding hydrogens is 256 g/mol. The fourth-order valence-corrected chi connectivity index (χ4v) is 1.65. The molecule has 0 aliphatic carbocycles. The third-order valence-corrected chi connectivity index (χ3v) is 2.60. The zero-order valence-corrected chi connectivity index (χ0v) is 11.4. The number of nitrogens with zero attached hydrogens (tertiary/aromatic N) is 2. The summed E-state index contributed by atoms with van der Waals surface area (Å²) in [7, 11) is 0. The van der Waals surface area contributed by atoms with E-state index in [1.54, 1.807) is 19.3 Å². The second-order valence-corrected chi connectivity index (χ2v) is 4.30. The zero-order chi connectivity index (χ0) is 14.4. The molecule has 1 atom stereocenters. The van der Waals surface area contributed by atoms with Crippen LogP contribution >= 0.6 is 0 Å². The van der Waals surface area contributed by atoms with Crippen molar-refractivity contribution < 1.29 is 14.3 Å². The van der Waals surface area contributed by atoms with Crippen molar-refractivity contribution >= 4 is 5.97 Å². The first-order chi connectivity index (χ1) is 9.65. The van der Waals surface area contributed by atoms with Crippen molar-refractivity contribution in [1.82, 2.24) is 9.97 Å². The maximum absolute atomic E-state index is 10.9. The molecule has 2 rings (SSSR count). The van der Waals surface area contributed by atoms with Gasteiger partial charge in [-0.2, -0.15) is 0 Å². The van der Waals surface area contributed by atoms with Crippen LogP contribution in [0.4, 0.5) is 0 Å². The van der Waals surface area contributed by atoms with Crippen molar-refractivity contribution in [3.63, 3.8) is 0 Å². The highest BCUT2D eigenvalue weighted by Crippen LogP contribution is 2.15. The van der Waals surface area contributed by atoms with E-state index in [4.69, 9.17) is 9.47 Å². The lowest BCUT2D eigenvalue weighted by Crippen LogP contribution is -2.08. The van der Waals surface area contributed by atoms with Gasteiger partial charge in [-0.15, -0.1) is 0 Å². The molecular formula is C15H16N2O3. The lowest BCUT2D eigenvalue weighted by molar-refractivity contribution is -0.146. The number of aromatic nitrogens is 2. The predicted octanol–water partition coefficient (Wildman–Crippen LogP) is 2.68. The molecule has 0 bridgehead atoms. The highest BCUT2D eigenvalue weighted by atomic mass is 16.5. The van der Waals surface area contributed by atoms with Crippen molar-refractivity contribution in [2.75, 3.05) is 0 Å². The van der Waals surface area contributed by atoms with Crippen LogP contribution in [0.1, 0.15) is 31.3 Å². The molecule has 0 fully saturated rings. The zero-order valence-electron chi connectivity index (χ0n) is 11.4. The fourth-order valence-electron chi connectivity index (χ4n) is 1.65. The van der Waals surface area contributed by atoms with Gasteiger partial charge in [0.05, 0.1) is 12.4 Å². The Hall–Kier alpha value is -2.43. The van der Waals surface area contributed by atoms with Crippen LogP contribution in [0.15, 0.2) is 42.7 Å². The minimum atomic E-state index is -0.462. The average Bonchev–Trinajstić information content (AvgIpc) is 2.46. The summed E-state index contributed by atoms with van der Waals surface area (Å²) in [6.45, 7) is 3.54. The molecule has 0 aliphatic heterocycles. The standard InChI is InChI=1S/C15H16N2O3/c1-11(20-12(2)18)15-16-8-14(9-17-15)19-10-13-6-4-3-5-7-13/h3-9,11H,10H2,1-2H3/t11-/m1/s1. The van der Waals surface area contributed by atoms with Gasteiger partial charge in [-0.25, -0.2) is 9.97 Å². The molecule has 104 valence electrons. The van der Waals surface area contributed by atoms with Gasteiger partial charge in [-0.3, -0.25) is 4.79 Å². The molecule has 0 aliphatic rings. The number of carbonyl (C=O) groups excluding carboxylic acids is 1. The molecule has 0 saturated heterocycles. The number of benzene rings is 1. The summed E-state index contributed by atoms with van der Waals surface area (Å²) < 4.78 is 10.6. The maximum Gasteiger partial charge on any atom is 0.303 e. The Bertz CT molecular complexity index is 555. The van der Waals surface area contributed by atoms with Crippen molar-refractivity contribution in [3.8, 4) is 5.75 Å². The highest BCUT2D eigenvalue weighted by molar-refractivity contribution is 5.66. The van der Waals surface area contributed by atoms with Gasteiger partial charge < -0.3 is 9.47 Å². The van der Waals surface area contributed by atoms with Crippen LogP contribution < -0.4 is 4.74 Å². The smallest absolute Gasteiger partial charge is 0.303 e. The molecule has 0 N–H and O–H groups in total. The molecule has 0 unspecified atom stereocenters. The lowest BCUT2D eigenvalue weighted by Gasteiger charge is -2.11. The third-order valence-electron chi connectivity index (χ3n) is 2.60. The molecule has 0 radical (unpaired) electrons. The van der Waals surface area contributed by atoms with Gasteiger partial charge in [0.25, 0.3) is 0 Å². The molecule has 0 saturated carbocycles. The van der Waals surface area contributed by atoms with Gasteiger partial charge in [-0.05, 0) is 12.5 Å². The molecule has 5 nitrogen and oxygen atoms in total. The normalized spacial score (nSPS) is 11.7. The average molecular weight is 272 g/mol. The SMILES string of the molecule is CC(=O)O[C@H](C)c1ncc(OCc2ccccc2)cn1. The summed E-state index contributed by atoms with van der Waals surface area (Å²) >= 11 is 0. The van der Waals surface area contributed by atoms with E-state index in [0.717, 1.165) is 5.56 Å². The van der Waals surface area contributed by atoms with Crippen molar-refractivity contribution in [2.24, 2.45) is 0 Å². The van der Waals surface area contributed by atoms with Crippen LogP contribution in [0.25, 0.3) is 0 Å². The molecule has 0 amide bonds. The summed E-state index contributed by atoms with van der Waals surface area (Å²) in [5.41, 5.74) is 1.07. The number of hydrogen-bond acceptors (Lipinski definition) is 5. The fraction of sp³-hybridized carbons (Fsp3) is 0.267. The Morgan fingerprint density at radius 3 is 2.45 bits per heavy atom. The molecule has 0 spiro atoms. The van der Waals surface area contributed by atoms with E-state index in [1.807, 2.05) is 30.3 Å². The van der Waals surface area contributed by atoms with Gasteiger partial charge in [-0.1, -0.05) is 30.3 Å². The van der Waals surface area contributed by atoms with Crippen molar-refractivity contribution in [1.29, 1.82) is 0 Å². The van der Waals surface area contributed by atoms with E-state index in [0.29, 0.717) is 18.2 Å². The lowest BCUT2D eigenvalue weighted by atomic mass is 10.2. The third kappa shape index (κ3) is 4.05. The maximum atomic E-state index is 10.9. The van der Waals surface area contributed by atoms with Gasteiger partial charge in [0.15, 0.2) is 17.7 Å². The number of esters is 1. The van der Waals surface area contributed by atoms with Gasteiger partial charge in [0.2, 0.25) is 0 Å². The number of hydrogen-bond donors (Lipinski definition) is 0. The summed E-state index contributed by atoms with van der Waals surface area (Å²) in [4.78, 5) is 19.1. The summed E-state index contributed by atoms with van der Waals surface area (Å²) in [6, 6.07) is 9.84. The summed E-state index contributed by atoms with van der Waals surface area (Å²) in [6.07, 6.45) is 2.69. The first-order valence-electron chi connectivity index (χ1n) is 6.31. The Labute approximate surface area is 117 Å². The Kier molecular flexibility index (Phi) is 4.65. The first kappa shape index (κ1) is 14.0. The van der Waals surface area contributed by atoms with Crippen LogP contribution in [-0.4, -0.2) is 15.9 Å². The number of ether oxygens (including phenoxy) is 2. The second kappa shape index (κ2) is 6.65. The van der Waals surface area contributed by atoms with E-state index in [9.17, 15) is 4.79 Å². The monoisotopic (exact) mass is 272 g/mol. The largest absolute Gasteiger partial charge is 0.486 e. The minimum Gasteiger partial charge on any atom is -0.486 e. The van der Waals surface area contributed by atoms with Gasteiger partial charge >= 0.3 is 5.97 Å². The van der Waals surface area contributed by atoms with E-state index in [2.05, 4.69) is 9.97 Å². The second-order valence-electron chi connectivity index (χ2n) is 4.30. The highest BCUT2D eigenvalue weighted by Gasteiger charge is 2.11. The predicted molar refractivity (Wildman–Crippen MR) is 73.0 cm³/mol. The van der Waals surface area contributed by atoms with Gasteiger partial charge in [0.1, 0.15) is 6.61 Å². The minimum absolute atomic E-state index is 0.356. The van der Waals surface area contributed by atoms with Crippen molar-refractivity contribution in [3.05, 3.63) is 54.1 Å². The summed E-state index contributed by atoms with van der Waals surface area (Å²) in [5, 5.41) is 0. The Morgan fingerprint density at radius 2 is 1.85 bits per heavy atom. The van der Waals surface area contributed by atoms with Crippen LogP contribution in [0.3, 0.4) is 0 Å². The Balaban J connectivity index is 1.93. The molecule has 5 heteroatoms. The molecule has 1 aromatic carbocycles. The van der Waals surface area contributed by atoms with E-state index < -0.39 is 6.10 Å². The van der Waals surface area contributed by atoms with Gasteiger partial charge in [0, 0.05) is 6.92 Å². The van der Waals surface area contributed by atoms with E-state index >= 15 is 0 Å². The number of rotatable bonds is 5. The van der Waals surface area contributed by atoms with Crippen LogP contribution in [-0.2, 0) is 16.1 Å². The van der Waals surface area contributed by atoms with E-state index in [-0.39, 0.29) is 5.97 Å². The molecule has 1 heterocycles. The molecule has 2 aromatic rings. The first-order valence-corrected chi connectivity index (χ1v) is 6.31. The van der Waals surface area contributed by atoms with Crippen LogP contribution in [0.5, 0.6) is 5.75 Å². The van der Waals surface area contributed by atoms with E-state index in [1.165, 1.54) is 6.92 Å². The van der Waals surface area contributed by atoms with Crippen LogP contribution in [0, 0.1) is 0 Å². The molecule has 20 heavy (non-hydrogen) atoms. The van der Waals surface area contributed by atoms with Crippen LogP contribution in [0.2, 0.25) is 0 Å². The number of carbonyl (C=O) groups is 1. The topological polar surface area (TPSA) is 61.3 Å². The molecule has 1 aromatic heterocycles. The Morgan fingerprint density at radius 1 is 1.20 bits per heavy atom. The van der Waals surface area contributed by atoms with Crippen molar-refractivity contribution in [2.45, 2.75) is 26.6 Å². The summed E-state index contributed by atoms with van der Waals surface area (Å²) in [5.74, 6) is 0.672. The quantitative estimate of drug-likeness (QED) is 0.783.